The van der Waals surface area contributed by atoms with Crippen LogP contribution in [-0.4, -0.2) is 37.1 Å². The predicted octanol–water partition coefficient (Wildman–Crippen LogP) is 3.83. The number of nitrogens with zero attached hydrogens (tertiary/aromatic N) is 3. The lowest BCUT2D eigenvalue weighted by atomic mass is 10.2. The number of alkyl halides is 3. The Morgan fingerprint density at radius 3 is 2.18 bits per heavy atom. The van der Waals surface area contributed by atoms with E-state index in [1.807, 2.05) is 42.7 Å². The lowest BCUT2D eigenvalue weighted by Gasteiger charge is -2.08. The number of carboxylic acid groups (broad SMARTS) is 1. The van der Waals surface area contributed by atoms with Gasteiger partial charge in [0, 0.05) is 23.3 Å². The fraction of sp³-hybridized carbons (Fsp3) is 0.176. The van der Waals surface area contributed by atoms with Crippen LogP contribution in [0.25, 0.3) is 5.69 Å². The molecule has 0 aliphatic heterocycles. The number of aliphatic carboxylic acids is 1. The number of carbonyl (C=O) groups excluding carboxylic acids is 1. The van der Waals surface area contributed by atoms with E-state index in [9.17, 15) is 18.0 Å². The van der Waals surface area contributed by atoms with Crippen molar-refractivity contribution in [3.8, 4) is 5.69 Å². The molecule has 0 fully saturated rings. The summed E-state index contributed by atoms with van der Waals surface area (Å²) in [5, 5.41) is 9.97. The average molecular weight is 412 g/mol. The number of amides is 1. The number of halogens is 3. The van der Waals surface area contributed by atoms with Crippen molar-refractivity contribution in [3.63, 3.8) is 0 Å². The zero-order chi connectivity index (χ0) is 20.9. The maximum absolute atomic E-state index is 11.9. The molecule has 0 saturated carbocycles. The molecular formula is C17H15F3N4O3S. The highest BCUT2D eigenvalue weighted by Gasteiger charge is 2.38. The molecule has 0 atom stereocenters. The number of hydrogen-bond acceptors (Lipinski definition) is 5. The van der Waals surface area contributed by atoms with E-state index in [1.54, 1.807) is 18.6 Å². The first kappa shape index (κ1) is 21.1. The van der Waals surface area contributed by atoms with Gasteiger partial charge in [-0.15, -0.1) is 0 Å². The minimum atomic E-state index is -5.08. The molecule has 0 aliphatic rings. The van der Waals surface area contributed by atoms with Crippen LogP contribution in [0.2, 0.25) is 0 Å². The van der Waals surface area contributed by atoms with Gasteiger partial charge in [-0.05, 0) is 55.7 Å². The molecule has 0 aliphatic carbocycles. The number of aromatic nitrogens is 3. The number of imidazole rings is 1. The van der Waals surface area contributed by atoms with Crippen molar-refractivity contribution in [2.75, 3.05) is 5.32 Å². The molecule has 1 aromatic carbocycles. The molecule has 2 N–H and O–H groups in total. The fourth-order valence-electron chi connectivity index (χ4n) is 1.99. The molecule has 148 valence electrons. The molecule has 3 rings (SSSR count). The second-order valence-electron chi connectivity index (χ2n) is 5.47. The monoisotopic (exact) mass is 412 g/mol. The maximum atomic E-state index is 11.9. The number of hydrogen-bond donors (Lipinski definition) is 2. The smallest absolute Gasteiger partial charge is 0.475 e. The Morgan fingerprint density at radius 2 is 1.75 bits per heavy atom. The van der Waals surface area contributed by atoms with Crippen molar-refractivity contribution in [2.24, 2.45) is 0 Å². The number of benzene rings is 1. The normalized spacial score (nSPS) is 10.8. The van der Waals surface area contributed by atoms with Gasteiger partial charge in [0.05, 0.1) is 12.0 Å². The largest absolute Gasteiger partial charge is 0.490 e. The van der Waals surface area contributed by atoms with Gasteiger partial charge >= 0.3 is 12.1 Å². The van der Waals surface area contributed by atoms with Gasteiger partial charge in [0.2, 0.25) is 0 Å². The van der Waals surface area contributed by atoms with E-state index in [1.165, 1.54) is 11.5 Å². The lowest BCUT2D eigenvalue weighted by molar-refractivity contribution is -0.192. The molecule has 0 radical (unpaired) electrons. The van der Waals surface area contributed by atoms with Gasteiger partial charge in [-0.25, -0.2) is 14.2 Å². The summed E-state index contributed by atoms with van der Waals surface area (Å²) >= 11 is 1.18. The number of anilines is 1. The quantitative estimate of drug-likeness (QED) is 0.682. The maximum Gasteiger partial charge on any atom is 0.490 e. The van der Waals surface area contributed by atoms with Crippen molar-refractivity contribution < 1.29 is 27.9 Å². The molecule has 1 amide bonds. The van der Waals surface area contributed by atoms with Crippen LogP contribution in [0.5, 0.6) is 0 Å². The number of carboxylic acids is 1. The van der Waals surface area contributed by atoms with Gasteiger partial charge in [-0.3, -0.25) is 4.79 Å². The third-order valence-corrected chi connectivity index (χ3v) is 4.30. The van der Waals surface area contributed by atoms with Gasteiger partial charge in [0.15, 0.2) is 0 Å². The predicted molar refractivity (Wildman–Crippen MR) is 96.8 cm³/mol. The lowest BCUT2D eigenvalue weighted by Crippen LogP contribution is -2.21. The van der Waals surface area contributed by atoms with Crippen LogP contribution in [0.15, 0.2) is 42.9 Å². The molecule has 0 spiro atoms. The molecular weight excluding hydrogens is 397 g/mol. The Balaban J connectivity index is 0.000000345. The molecule has 28 heavy (non-hydrogen) atoms. The Morgan fingerprint density at radius 1 is 1.14 bits per heavy atom. The topological polar surface area (TPSA) is 97.1 Å². The second-order valence-corrected chi connectivity index (χ2v) is 6.30. The first-order valence-electron chi connectivity index (χ1n) is 7.72. The van der Waals surface area contributed by atoms with Gasteiger partial charge in [0.1, 0.15) is 4.88 Å². The summed E-state index contributed by atoms with van der Waals surface area (Å²) in [5.41, 5.74) is 3.89. The van der Waals surface area contributed by atoms with Crippen molar-refractivity contribution in [2.45, 2.75) is 20.0 Å². The van der Waals surface area contributed by atoms with Crippen LogP contribution in [-0.2, 0) is 4.79 Å². The van der Waals surface area contributed by atoms with E-state index in [0.29, 0.717) is 4.88 Å². The standard InChI is InChI=1S/C15H14N4OS.C2HF3O2/c1-10-11(2)19(9-16-10)13-5-3-12(4-6-13)18-15(20)14-7-8-17-21-14;3-2(4,5)1(6)7/h3-9H,1-2H3,(H,18,20);(H,6,7). The van der Waals surface area contributed by atoms with Crippen molar-refractivity contribution >= 4 is 29.1 Å². The molecule has 3 aromatic rings. The van der Waals surface area contributed by atoms with Gasteiger partial charge in [-0.2, -0.15) is 13.2 Å². The highest BCUT2D eigenvalue weighted by Crippen LogP contribution is 2.18. The minimum absolute atomic E-state index is 0.139. The van der Waals surface area contributed by atoms with Crippen molar-refractivity contribution in [1.29, 1.82) is 0 Å². The highest BCUT2D eigenvalue weighted by atomic mass is 32.1. The Bertz CT molecular complexity index is 951. The average Bonchev–Trinajstić information content (AvgIpc) is 3.27. The first-order chi connectivity index (χ1) is 13.1. The summed E-state index contributed by atoms with van der Waals surface area (Å²) < 4.78 is 37.7. The first-order valence-corrected chi connectivity index (χ1v) is 8.50. The SMILES string of the molecule is Cc1ncn(-c2ccc(NC(=O)c3ccns3)cc2)c1C.O=C(O)C(F)(F)F. The molecule has 0 saturated heterocycles. The third kappa shape index (κ3) is 5.39. The molecule has 0 bridgehead atoms. The molecule has 2 heterocycles. The summed E-state index contributed by atoms with van der Waals surface area (Å²) in [7, 11) is 0. The summed E-state index contributed by atoms with van der Waals surface area (Å²) in [5.74, 6) is -2.90. The number of aryl methyl sites for hydroxylation is 1. The second kappa shape index (κ2) is 8.65. The van der Waals surface area contributed by atoms with Crippen LogP contribution in [0.4, 0.5) is 18.9 Å². The van der Waals surface area contributed by atoms with Crippen LogP contribution in [0, 0.1) is 13.8 Å². The van der Waals surface area contributed by atoms with E-state index in [0.717, 1.165) is 22.8 Å². The third-order valence-electron chi connectivity index (χ3n) is 3.56. The summed E-state index contributed by atoms with van der Waals surface area (Å²) in [6, 6.07) is 9.37. The van der Waals surface area contributed by atoms with Gasteiger partial charge in [-0.1, -0.05) is 0 Å². The summed E-state index contributed by atoms with van der Waals surface area (Å²) in [4.78, 5) is 25.7. The summed E-state index contributed by atoms with van der Waals surface area (Å²) in [6.45, 7) is 4.01. The van der Waals surface area contributed by atoms with Crippen LogP contribution >= 0.6 is 11.5 Å². The Labute approximate surface area is 161 Å². The summed E-state index contributed by atoms with van der Waals surface area (Å²) in [6.07, 6.45) is -1.66. The molecule has 2 aromatic heterocycles. The van der Waals surface area contributed by atoms with E-state index in [4.69, 9.17) is 9.90 Å². The fourth-order valence-corrected chi connectivity index (χ4v) is 2.48. The Kier molecular flexibility index (Phi) is 6.52. The van der Waals surface area contributed by atoms with E-state index >= 15 is 0 Å². The minimum Gasteiger partial charge on any atom is -0.475 e. The van der Waals surface area contributed by atoms with Gasteiger partial charge in [0.25, 0.3) is 5.91 Å². The van der Waals surface area contributed by atoms with Gasteiger partial charge < -0.3 is 15.0 Å². The van der Waals surface area contributed by atoms with E-state index < -0.39 is 12.1 Å². The molecule has 7 nitrogen and oxygen atoms in total. The van der Waals surface area contributed by atoms with Crippen LogP contribution in [0.3, 0.4) is 0 Å². The van der Waals surface area contributed by atoms with Crippen molar-refractivity contribution in [1.82, 2.24) is 13.9 Å². The highest BCUT2D eigenvalue weighted by molar-refractivity contribution is 7.08. The Hall–Kier alpha value is -3.21. The number of carbonyl (C=O) groups is 2. The van der Waals surface area contributed by atoms with E-state index in [-0.39, 0.29) is 5.91 Å². The number of nitrogens with one attached hydrogen (secondary N) is 1. The van der Waals surface area contributed by atoms with Crippen LogP contribution in [0.1, 0.15) is 21.1 Å². The molecule has 0 unspecified atom stereocenters. The van der Waals surface area contributed by atoms with Crippen LogP contribution < -0.4 is 5.32 Å². The molecule has 11 heteroatoms. The number of rotatable bonds is 3. The van der Waals surface area contributed by atoms with Crippen molar-refractivity contribution in [3.05, 3.63) is 59.1 Å². The zero-order valence-electron chi connectivity index (χ0n) is 14.7. The zero-order valence-corrected chi connectivity index (χ0v) is 15.5. The van der Waals surface area contributed by atoms with E-state index in [2.05, 4.69) is 14.7 Å².